The largest absolute Gasteiger partial charge is 0.469 e. The van der Waals surface area contributed by atoms with Crippen LogP contribution in [0.5, 0.6) is 0 Å². The number of halogens is 1. The maximum Gasteiger partial charge on any atom is 0.310 e. The van der Waals surface area contributed by atoms with Crippen molar-refractivity contribution in [1.82, 2.24) is 20.0 Å². The van der Waals surface area contributed by atoms with E-state index >= 15 is 0 Å². The van der Waals surface area contributed by atoms with Crippen molar-refractivity contribution >= 4 is 35.9 Å². The minimum atomic E-state index is -0.113. The van der Waals surface area contributed by atoms with Crippen LogP contribution in [0.4, 0.5) is 0 Å². The molecule has 2 aliphatic heterocycles. The molecule has 1 N–H and O–H groups in total. The first-order chi connectivity index (χ1) is 12.0. The Bertz CT molecular complexity index is 455. The summed E-state index contributed by atoms with van der Waals surface area (Å²) in [5.41, 5.74) is 0. The van der Waals surface area contributed by atoms with Crippen LogP contribution in [0.1, 0.15) is 19.8 Å². The van der Waals surface area contributed by atoms with Crippen LogP contribution in [0.2, 0.25) is 0 Å². The summed E-state index contributed by atoms with van der Waals surface area (Å²) in [6.45, 7) is 10.5. The van der Waals surface area contributed by atoms with Crippen molar-refractivity contribution in [3.05, 3.63) is 0 Å². The highest BCUT2D eigenvalue weighted by molar-refractivity contribution is 14.0. The van der Waals surface area contributed by atoms with E-state index in [1.165, 1.54) is 46.3 Å². The summed E-state index contributed by atoms with van der Waals surface area (Å²) in [5, 5.41) is 3.45. The van der Waals surface area contributed by atoms with Crippen LogP contribution in [-0.2, 0) is 9.53 Å². The van der Waals surface area contributed by atoms with Gasteiger partial charge in [-0.05, 0) is 32.4 Å². The molecule has 0 aromatic carbocycles. The van der Waals surface area contributed by atoms with E-state index in [4.69, 9.17) is 4.74 Å². The number of unbranched alkanes of at least 4 members (excludes halogenated alkanes) is 1. The molecule has 8 heteroatoms. The number of piperazine rings is 1. The van der Waals surface area contributed by atoms with Gasteiger partial charge in [-0.1, -0.05) is 6.92 Å². The molecular weight excluding hydrogens is 445 g/mol. The van der Waals surface area contributed by atoms with Crippen molar-refractivity contribution in [2.24, 2.45) is 16.8 Å². The van der Waals surface area contributed by atoms with Crippen LogP contribution in [0.25, 0.3) is 0 Å². The number of carbonyl (C=O) groups excluding carboxylic acids is 1. The average Bonchev–Trinajstić information content (AvgIpc) is 3.00. The number of nitrogens with one attached hydrogen (secondary N) is 1. The standard InChI is InChI=1S/C18H35N5O2.HI/c1-15-13-23(14-16(15)17(24)25-4)18(19-2)20-7-5-6-8-22-11-9-21(3)10-12-22;/h15-16H,5-14H2,1-4H3,(H,19,20);1H. The fourth-order valence-electron chi connectivity index (χ4n) is 3.66. The third-order valence-corrected chi connectivity index (χ3v) is 5.41. The second-order valence-corrected chi connectivity index (χ2v) is 7.34. The lowest BCUT2D eigenvalue weighted by Crippen LogP contribution is -2.45. The number of nitrogens with zero attached hydrogens (tertiary/aromatic N) is 4. The molecule has 0 radical (unpaired) electrons. The Hall–Kier alpha value is -0.610. The summed E-state index contributed by atoms with van der Waals surface area (Å²) in [4.78, 5) is 23.3. The van der Waals surface area contributed by atoms with Crippen LogP contribution in [-0.4, -0.2) is 100 Å². The molecule has 0 aromatic heterocycles. The smallest absolute Gasteiger partial charge is 0.310 e. The number of ether oxygens (including phenoxy) is 1. The van der Waals surface area contributed by atoms with Crippen molar-refractivity contribution in [2.75, 3.05) is 73.6 Å². The summed E-state index contributed by atoms with van der Waals surface area (Å²) in [6.07, 6.45) is 2.34. The first-order valence-corrected chi connectivity index (χ1v) is 9.49. The molecule has 2 heterocycles. The number of rotatable bonds is 6. The molecule has 2 unspecified atom stereocenters. The van der Waals surface area contributed by atoms with Gasteiger partial charge in [0.1, 0.15) is 0 Å². The second kappa shape index (κ2) is 12.0. The van der Waals surface area contributed by atoms with Gasteiger partial charge in [0.15, 0.2) is 5.96 Å². The Morgan fingerprint density at radius 2 is 1.88 bits per heavy atom. The van der Waals surface area contributed by atoms with Crippen LogP contribution in [0.15, 0.2) is 4.99 Å². The van der Waals surface area contributed by atoms with Crippen LogP contribution < -0.4 is 5.32 Å². The second-order valence-electron chi connectivity index (χ2n) is 7.34. The molecule has 2 rings (SSSR count). The molecular formula is C18H36IN5O2. The molecule has 0 bridgehead atoms. The highest BCUT2D eigenvalue weighted by atomic mass is 127. The summed E-state index contributed by atoms with van der Waals surface area (Å²) in [6, 6.07) is 0. The molecule has 0 amide bonds. The van der Waals surface area contributed by atoms with E-state index < -0.39 is 0 Å². The lowest BCUT2D eigenvalue weighted by molar-refractivity contribution is -0.145. The van der Waals surface area contributed by atoms with E-state index in [1.54, 1.807) is 0 Å². The topological polar surface area (TPSA) is 60.4 Å². The molecule has 2 aliphatic rings. The normalized spacial score (nSPS) is 25.1. The maximum atomic E-state index is 11.8. The maximum absolute atomic E-state index is 11.8. The zero-order valence-electron chi connectivity index (χ0n) is 16.7. The fourth-order valence-corrected chi connectivity index (χ4v) is 3.66. The molecule has 0 spiro atoms. The third kappa shape index (κ3) is 6.84. The molecule has 0 aromatic rings. The lowest BCUT2D eigenvalue weighted by atomic mass is 9.99. The summed E-state index contributed by atoms with van der Waals surface area (Å²) >= 11 is 0. The molecule has 0 saturated carbocycles. The van der Waals surface area contributed by atoms with Gasteiger partial charge >= 0.3 is 5.97 Å². The molecule has 2 saturated heterocycles. The van der Waals surface area contributed by atoms with Gasteiger partial charge in [0.2, 0.25) is 0 Å². The molecule has 26 heavy (non-hydrogen) atoms. The summed E-state index contributed by atoms with van der Waals surface area (Å²) in [7, 11) is 5.46. The first kappa shape index (κ1) is 23.4. The Morgan fingerprint density at radius 1 is 1.19 bits per heavy atom. The predicted molar refractivity (Wildman–Crippen MR) is 116 cm³/mol. The Balaban J connectivity index is 0.00000338. The summed E-state index contributed by atoms with van der Waals surface area (Å²) < 4.78 is 4.91. The number of aliphatic imine (C=N–C) groups is 1. The molecule has 2 fully saturated rings. The number of hydrogen-bond donors (Lipinski definition) is 1. The van der Waals surface area contributed by atoms with Crippen LogP contribution in [0.3, 0.4) is 0 Å². The van der Waals surface area contributed by atoms with Gasteiger partial charge in [0.05, 0.1) is 13.0 Å². The Kier molecular flexibility index (Phi) is 10.8. The van der Waals surface area contributed by atoms with Crippen LogP contribution in [0, 0.1) is 11.8 Å². The van der Waals surface area contributed by atoms with E-state index in [9.17, 15) is 4.79 Å². The Morgan fingerprint density at radius 3 is 2.50 bits per heavy atom. The number of carbonyl (C=O) groups is 1. The van der Waals surface area contributed by atoms with E-state index in [2.05, 4.69) is 39.0 Å². The predicted octanol–water partition coefficient (Wildman–Crippen LogP) is 0.948. The van der Waals surface area contributed by atoms with Crippen molar-refractivity contribution < 1.29 is 9.53 Å². The van der Waals surface area contributed by atoms with E-state index in [0.717, 1.165) is 25.5 Å². The minimum absolute atomic E-state index is 0. The number of methoxy groups -OCH3 is 1. The van der Waals surface area contributed by atoms with E-state index in [-0.39, 0.29) is 35.9 Å². The average molecular weight is 481 g/mol. The third-order valence-electron chi connectivity index (χ3n) is 5.41. The van der Waals surface area contributed by atoms with Crippen LogP contribution >= 0.6 is 24.0 Å². The SMILES string of the molecule is CN=C(NCCCCN1CCN(C)CC1)N1CC(C)C(C(=O)OC)C1.I. The zero-order chi connectivity index (χ0) is 18.2. The number of guanidine groups is 1. The van der Waals surface area contributed by atoms with Crippen molar-refractivity contribution in [3.63, 3.8) is 0 Å². The number of likely N-dealkylation sites (tertiary alicyclic amines) is 1. The van der Waals surface area contributed by atoms with Gasteiger partial charge in [-0.2, -0.15) is 0 Å². The Labute approximate surface area is 175 Å². The van der Waals surface area contributed by atoms with Crippen molar-refractivity contribution in [3.8, 4) is 0 Å². The minimum Gasteiger partial charge on any atom is -0.469 e. The van der Waals surface area contributed by atoms with Crippen molar-refractivity contribution in [1.29, 1.82) is 0 Å². The van der Waals surface area contributed by atoms with Gasteiger partial charge in [-0.25, -0.2) is 0 Å². The van der Waals surface area contributed by atoms with Gasteiger partial charge in [-0.15, -0.1) is 24.0 Å². The van der Waals surface area contributed by atoms with Gasteiger partial charge in [0, 0.05) is 52.9 Å². The monoisotopic (exact) mass is 481 g/mol. The van der Waals surface area contributed by atoms with Gasteiger partial charge < -0.3 is 24.8 Å². The molecule has 152 valence electrons. The number of likely N-dealkylation sites (N-methyl/N-ethyl adjacent to an activating group) is 1. The highest BCUT2D eigenvalue weighted by Crippen LogP contribution is 2.24. The summed E-state index contributed by atoms with van der Waals surface area (Å²) in [5.74, 6) is 1.03. The molecule has 2 atom stereocenters. The lowest BCUT2D eigenvalue weighted by Gasteiger charge is -2.32. The molecule has 7 nitrogen and oxygen atoms in total. The fraction of sp³-hybridized carbons (Fsp3) is 0.889. The van der Waals surface area contributed by atoms with E-state index in [1.807, 2.05) is 7.05 Å². The number of esters is 1. The van der Waals surface area contributed by atoms with E-state index in [0.29, 0.717) is 12.5 Å². The quantitative estimate of drug-likeness (QED) is 0.201. The zero-order valence-corrected chi connectivity index (χ0v) is 19.1. The molecule has 0 aliphatic carbocycles. The highest BCUT2D eigenvalue weighted by Gasteiger charge is 2.36. The van der Waals surface area contributed by atoms with Gasteiger partial charge in [0.25, 0.3) is 0 Å². The van der Waals surface area contributed by atoms with Gasteiger partial charge in [-0.3, -0.25) is 9.79 Å². The number of hydrogen-bond acceptors (Lipinski definition) is 5. The van der Waals surface area contributed by atoms with Crippen molar-refractivity contribution in [2.45, 2.75) is 19.8 Å². The first-order valence-electron chi connectivity index (χ1n) is 9.49.